The summed E-state index contributed by atoms with van der Waals surface area (Å²) in [6.45, 7) is 13.1. The van der Waals surface area contributed by atoms with Crippen LogP contribution >= 0.6 is 21.2 Å². The molecule has 1 saturated heterocycles. The highest BCUT2D eigenvalue weighted by atomic mass is 127. The third-order valence-corrected chi connectivity index (χ3v) is 15.5. The van der Waals surface area contributed by atoms with Gasteiger partial charge in [0.25, 0.3) is 0 Å². The summed E-state index contributed by atoms with van der Waals surface area (Å²) in [6.07, 6.45) is 3.11. The first-order valence-corrected chi connectivity index (χ1v) is 15.9. The first-order valence-electron chi connectivity index (χ1n) is 11.2. The number of amides is 1. The van der Waals surface area contributed by atoms with Crippen LogP contribution in [0.5, 0.6) is 0 Å². The van der Waals surface area contributed by atoms with E-state index in [1.165, 1.54) is 5.56 Å². The Hall–Kier alpha value is -0.700. The minimum absolute atomic E-state index is 0.0108. The molecule has 0 bridgehead atoms. The number of ether oxygens (including phenoxy) is 1. The van der Waals surface area contributed by atoms with Crippen LogP contribution in [0.15, 0.2) is 18.2 Å². The number of thiol groups is 1. The minimum Gasteiger partial charge on any atom is -0.444 e. The number of carbonyl (C=O) groups excluding carboxylic acids is 1. The second-order valence-electron chi connectivity index (χ2n) is 11.2. The number of halogens is 2. The van der Waals surface area contributed by atoms with E-state index >= 15 is 0 Å². The van der Waals surface area contributed by atoms with Crippen LogP contribution in [-0.4, -0.2) is 44.4 Å². The van der Waals surface area contributed by atoms with Gasteiger partial charge in [0.15, 0.2) is 0 Å². The summed E-state index contributed by atoms with van der Waals surface area (Å²) >= 11 is 2.18. The number of hydrogen-bond donors (Lipinski definition) is 1. The number of hydrogen-bond acceptors (Lipinski definition) is 3. The van der Waals surface area contributed by atoms with Gasteiger partial charge >= 0.3 is 6.09 Å². The zero-order chi connectivity index (χ0) is 23.2. The van der Waals surface area contributed by atoms with Crippen LogP contribution in [0.1, 0.15) is 77.8 Å². The van der Waals surface area contributed by atoms with E-state index in [9.17, 15) is 13.4 Å². The Morgan fingerprint density at radius 2 is 1.84 bits per heavy atom. The number of nitrogens with zero attached hydrogens (tertiary/aromatic N) is 1. The lowest BCUT2D eigenvalue weighted by Gasteiger charge is -2.44. The Kier molecular flexibility index (Phi) is 6.90. The molecule has 0 radical (unpaired) electrons. The molecular formula is C24H37FINO3S. The predicted molar refractivity (Wildman–Crippen MR) is 135 cm³/mol. The van der Waals surface area contributed by atoms with Gasteiger partial charge in [0.05, 0.1) is 0 Å². The van der Waals surface area contributed by atoms with Crippen LogP contribution in [0, 0.1) is 11.2 Å². The standard InChI is InChI=1S/C24H37FINO3S/c1-22(2,3)30-21(28)27-12-10-24(11-13-27)16-17-15-18(25)7-8-19(17)20(24)9-14-31(26,29)23(4,5)6/h7-8,15,20,31H,9-14,16H2,1-6H3/t20-/m1/s1. The first kappa shape index (κ1) is 24.9. The second kappa shape index (κ2) is 8.58. The van der Waals surface area contributed by atoms with E-state index in [-0.39, 0.29) is 28.0 Å². The van der Waals surface area contributed by atoms with Crippen molar-refractivity contribution in [1.82, 2.24) is 4.90 Å². The fourth-order valence-corrected chi connectivity index (χ4v) is 7.08. The molecule has 1 amide bonds. The summed E-state index contributed by atoms with van der Waals surface area (Å²) in [7, 11) is -2.36. The van der Waals surface area contributed by atoms with Crippen molar-refractivity contribution >= 4 is 34.4 Å². The molecule has 1 aromatic rings. The van der Waals surface area contributed by atoms with Crippen LogP contribution in [0.25, 0.3) is 0 Å². The molecule has 1 aromatic carbocycles. The third-order valence-electron chi connectivity index (χ3n) is 6.88. The number of likely N-dealkylation sites (tertiary alicyclic amines) is 1. The van der Waals surface area contributed by atoms with Gasteiger partial charge in [-0.1, -0.05) is 13.2 Å². The Morgan fingerprint density at radius 3 is 2.39 bits per heavy atom. The average molecular weight is 566 g/mol. The maximum atomic E-state index is 14.0. The second-order valence-corrected chi connectivity index (χ2v) is 19.0. The van der Waals surface area contributed by atoms with Gasteiger partial charge in [-0.05, 0) is 102 Å². The van der Waals surface area contributed by atoms with E-state index in [4.69, 9.17) is 4.74 Å². The Balaban J connectivity index is 1.80. The van der Waals surface area contributed by atoms with Crippen molar-refractivity contribution in [2.75, 3.05) is 18.8 Å². The number of fused-ring (bicyclic) bond motifs is 1. The van der Waals surface area contributed by atoms with Gasteiger partial charge in [0, 0.05) is 44.8 Å². The summed E-state index contributed by atoms with van der Waals surface area (Å²) in [5, 5.41) is 0. The van der Waals surface area contributed by atoms with Crippen LogP contribution in [0.2, 0.25) is 0 Å². The van der Waals surface area contributed by atoms with E-state index in [0.717, 1.165) is 31.2 Å². The van der Waals surface area contributed by atoms with Crippen LogP contribution < -0.4 is 0 Å². The summed E-state index contributed by atoms with van der Waals surface area (Å²) in [5.74, 6) is 0.722. The van der Waals surface area contributed by atoms with Crippen molar-refractivity contribution in [2.45, 2.75) is 83.5 Å². The summed E-state index contributed by atoms with van der Waals surface area (Å²) in [4.78, 5) is 14.3. The van der Waals surface area contributed by atoms with E-state index in [0.29, 0.717) is 18.8 Å². The molecule has 4 nitrogen and oxygen atoms in total. The van der Waals surface area contributed by atoms with Gasteiger partial charge in [-0.3, -0.25) is 4.21 Å². The van der Waals surface area contributed by atoms with Crippen LogP contribution in [0.3, 0.4) is 0 Å². The number of rotatable bonds is 3. The molecule has 0 unspecified atom stereocenters. The molecule has 7 heteroatoms. The minimum atomic E-state index is -2.36. The van der Waals surface area contributed by atoms with Crippen molar-refractivity contribution in [3.63, 3.8) is 0 Å². The van der Waals surface area contributed by atoms with Crippen molar-refractivity contribution in [1.29, 1.82) is 0 Å². The van der Waals surface area contributed by atoms with Crippen molar-refractivity contribution in [3.05, 3.63) is 35.1 Å². The molecule has 1 heterocycles. The zero-order valence-electron chi connectivity index (χ0n) is 19.6. The molecule has 0 N–H and O–H groups in total. The Labute approximate surface area is 199 Å². The molecule has 3 rings (SSSR count). The van der Waals surface area contributed by atoms with E-state index < -0.39 is 12.7 Å². The number of piperidine rings is 1. The molecule has 0 saturated carbocycles. The smallest absolute Gasteiger partial charge is 0.410 e. The van der Waals surface area contributed by atoms with Crippen molar-refractivity contribution in [3.8, 4) is 0 Å². The lowest BCUT2D eigenvalue weighted by atomic mass is 9.68. The summed E-state index contributed by atoms with van der Waals surface area (Å²) < 4.78 is 32.7. The lowest BCUT2D eigenvalue weighted by Crippen LogP contribution is -2.46. The molecule has 1 aliphatic heterocycles. The monoisotopic (exact) mass is 565 g/mol. The van der Waals surface area contributed by atoms with E-state index in [1.807, 2.05) is 47.6 Å². The highest BCUT2D eigenvalue weighted by Gasteiger charge is 2.48. The molecular weight excluding hydrogens is 528 g/mol. The molecule has 2 aliphatic rings. The topological polar surface area (TPSA) is 46.6 Å². The first-order chi connectivity index (χ1) is 14.1. The Morgan fingerprint density at radius 1 is 1.23 bits per heavy atom. The summed E-state index contributed by atoms with van der Waals surface area (Å²) in [5.41, 5.74) is 1.76. The molecule has 1 atom stereocenters. The molecule has 1 fully saturated rings. The number of carbonyl (C=O) groups is 1. The highest BCUT2D eigenvalue weighted by Crippen LogP contribution is 2.55. The maximum Gasteiger partial charge on any atom is 0.410 e. The van der Waals surface area contributed by atoms with E-state index in [2.05, 4.69) is 21.2 Å². The quantitative estimate of drug-likeness (QED) is 0.276. The number of benzene rings is 1. The van der Waals surface area contributed by atoms with Crippen LogP contribution in [0.4, 0.5) is 9.18 Å². The van der Waals surface area contributed by atoms with E-state index in [1.54, 1.807) is 17.0 Å². The van der Waals surface area contributed by atoms with Gasteiger partial charge in [0.1, 0.15) is 11.4 Å². The maximum absolute atomic E-state index is 14.0. The molecule has 31 heavy (non-hydrogen) atoms. The zero-order valence-corrected chi connectivity index (χ0v) is 22.7. The van der Waals surface area contributed by atoms with Gasteiger partial charge < -0.3 is 9.64 Å². The third kappa shape index (κ3) is 5.45. The van der Waals surface area contributed by atoms with Gasteiger partial charge in [-0.25, -0.2) is 9.18 Å². The fourth-order valence-electron chi connectivity index (χ4n) is 4.98. The summed E-state index contributed by atoms with van der Waals surface area (Å²) in [6, 6.07) is 5.15. The molecule has 176 valence electrons. The lowest BCUT2D eigenvalue weighted by molar-refractivity contribution is 0.00762. The van der Waals surface area contributed by atoms with Gasteiger partial charge in [-0.2, -0.15) is 0 Å². The van der Waals surface area contributed by atoms with Gasteiger partial charge in [-0.15, -0.1) is 0 Å². The fraction of sp³-hybridized carbons (Fsp3) is 0.708. The molecule has 0 aromatic heterocycles. The average Bonchev–Trinajstić information content (AvgIpc) is 2.89. The van der Waals surface area contributed by atoms with Crippen LogP contribution in [-0.2, 0) is 18.3 Å². The predicted octanol–water partition coefficient (Wildman–Crippen LogP) is 6.04. The normalized spacial score (nSPS) is 21.8. The Bertz CT molecular complexity index is 882. The van der Waals surface area contributed by atoms with Crippen molar-refractivity contribution < 1.29 is 18.1 Å². The molecule has 1 aliphatic carbocycles. The van der Waals surface area contributed by atoms with Gasteiger partial charge in [0.2, 0.25) is 0 Å². The largest absolute Gasteiger partial charge is 0.444 e. The SMILES string of the molecule is CC(C)(C)OC(=O)N1CCC2(CC1)Cc1cc(F)ccc1[C@H]2CC[SH](=O)(I)C(C)(C)C. The van der Waals surface area contributed by atoms with Crippen molar-refractivity contribution in [2.24, 2.45) is 5.41 Å². The highest BCUT2D eigenvalue weighted by molar-refractivity contribution is 14.2. The molecule has 1 spiro atoms.